The maximum atomic E-state index is 12.4. The summed E-state index contributed by atoms with van der Waals surface area (Å²) >= 11 is 0. The van der Waals surface area contributed by atoms with E-state index in [0.717, 1.165) is 30.6 Å². The summed E-state index contributed by atoms with van der Waals surface area (Å²) < 4.78 is 6.41. The van der Waals surface area contributed by atoms with E-state index in [1.165, 1.54) is 16.7 Å². The van der Waals surface area contributed by atoms with Gasteiger partial charge in [-0.2, -0.15) is 0 Å². The highest BCUT2D eigenvalue weighted by atomic mass is 16.5. The number of aromatic hydroxyl groups is 1. The summed E-state index contributed by atoms with van der Waals surface area (Å²) in [5.74, 6) is 1.39. The number of allylic oxidation sites excluding steroid dienone is 3. The van der Waals surface area contributed by atoms with Crippen LogP contribution in [0.2, 0.25) is 0 Å². The summed E-state index contributed by atoms with van der Waals surface area (Å²) in [5, 5.41) is 9.89. The molecule has 1 heterocycles. The van der Waals surface area contributed by atoms with Gasteiger partial charge in [-0.25, -0.2) is 0 Å². The lowest BCUT2D eigenvalue weighted by atomic mass is 9.67. The predicted molar refractivity (Wildman–Crippen MR) is 88.8 cm³/mol. The molecule has 1 aliphatic heterocycles. The molecule has 0 radical (unpaired) electrons. The molecule has 0 saturated heterocycles. The second-order valence-corrected chi connectivity index (χ2v) is 7.31. The number of carbonyl (C=O) groups is 1. The molecule has 1 aromatic carbocycles. The van der Waals surface area contributed by atoms with E-state index in [-0.39, 0.29) is 17.3 Å². The average molecular weight is 310 g/mol. The standard InChI is InChI=1S/C20H22O3/c1-12-4-3-7-20(2)19-13(8-12)9-15(22)11-17(19)16-10-14(21)5-6-18(16)23-20/h4-6,10,17,21H,3,7-9,11H2,1-2H3/b12-4-/t17?,20-/m0/s1. The summed E-state index contributed by atoms with van der Waals surface area (Å²) in [6, 6.07) is 5.27. The average Bonchev–Trinajstić information content (AvgIpc) is 2.46. The summed E-state index contributed by atoms with van der Waals surface area (Å²) in [6.07, 6.45) is 6.13. The van der Waals surface area contributed by atoms with Crippen LogP contribution >= 0.6 is 0 Å². The van der Waals surface area contributed by atoms with Crippen LogP contribution in [0.25, 0.3) is 0 Å². The minimum absolute atomic E-state index is 0.0537. The Morgan fingerprint density at radius 2 is 2.13 bits per heavy atom. The summed E-state index contributed by atoms with van der Waals surface area (Å²) in [7, 11) is 0. The molecule has 0 spiro atoms. The normalized spacial score (nSPS) is 32.0. The van der Waals surface area contributed by atoms with Crippen molar-refractivity contribution >= 4 is 5.78 Å². The molecule has 4 rings (SSSR count). The number of Topliss-reactive ketones (excluding diaryl/α,β-unsaturated/α-hetero) is 1. The zero-order valence-corrected chi connectivity index (χ0v) is 13.7. The van der Waals surface area contributed by atoms with Crippen LogP contribution in [0.3, 0.4) is 0 Å². The molecule has 3 nitrogen and oxygen atoms in total. The lowest BCUT2D eigenvalue weighted by molar-refractivity contribution is -0.119. The van der Waals surface area contributed by atoms with E-state index in [2.05, 4.69) is 19.9 Å². The number of rotatable bonds is 0. The molecule has 0 saturated carbocycles. The van der Waals surface area contributed by atoms with Gasteiger partial charge in [0, 0.05) is 24.3 Å². The molecule has 1 N–H and O–H groups in total. The molecular weight excluding hydrogens is 288 g/mol. The molecule has 0 amide bonds. The van der Waals surface area contributed by atoms with Gasteiger partial charge in [0.15, 0.2) is 0 Å². The van der Waals surface area contributed by atoms with Gasteiger partial charge >= 0.3 is 0 Å². The van der Waals surface area contributed by atoms with Crippen molar-refractivity contribution in [1.29, 1.82) is 0 Å². The first-order valence-corrected chi connectivity index (χ1v) is 8.38. The molecule has 1 unspecified atom stereocenters. The van der Waals surface area contributed by atoms with Gasteiger partial charge in [0.25, 0.3) is 0 Å². The van der Waals surface area contributed by atoms with Gasteiger partial charge < -0.3 is 9.84 Å². The van der Waals surface area contributed by atoms with E-state index in [9.17, 15) is 9.90 Å². The number of benzene rings is 1. The predicted octanol–water partition coefficient (Wildman–Crippen LogP) is 4.42. The van der Waals surface area contributed by atoms with Crippen LogP contribution in [-0.4, -0.2) is 16.5 Å². The first-order valence-electron chi connectivity index (χ1n) is 8.38. The molecule has 0 fully saturated rings. The Morgan fingerprint density at radius 1 is 1.30 bits per heavy atom. The van der Waals surface area contributed by atoms with E-state index in [1.807, 2.05) is 6.07 Å². The van der Waals surface area contributed by atoms with Crippen molar-refractivity contribution in [2.24, 2.45) is 0 Å². The fraction of sp³-hybridized carbons (Fsp3) is 0.450. The Hall–Kier alpha value is -2.03. The van der Waals surface area contributed by atoms with Crippen LogP contribution < -0.4 is 4.74 Å². The molecular formula is C20H22O3. The first kappa shape index (κ1) is 14.6. The smallest absolute Gasteiger partial charge is 0.137 e. The van der Waals surface area contributed by atoms with Crippen LogP contribution in [0.5, 0.6) is 11.5 Å². The van der Waals surface area contributed by atoms with Gasteiger partial charge in [-0.3, -0.25) is 4.79 Å². The number of ether oxygens (including phenoxy) is 1. The van der Waals surface area contributed by atoms with Crippen molar-refractivity contribution in [2.45, 2.75) is 57.5 Å². The number of hydrogen-bond donors (Lipinski definition) is 1. The number of hydrogen-bond acceptors (Lipinski definition) is 3. The number of ketones is 1. The maximum Gasteiger partial charge on any atom is 0.137 e. The molecule has 2 aliphatic carbocycles. The van der Waals surface area contributed by atoms with Gasteiger partial charge in [-0.05, 0) is 56.9 Å². The lowest BCUT2D eigenvalue weighted by Crippen LogP contribution is -2.44. The molecule has 2 atom stereocenters. The largest absolute Gasteiger partial charge is 0.508 e. The van der Waals surface area contributed by atoms with E-state index in [0.29, 0.717) is 18.6 Å². The summed E-state index contributed by atoms with van der Waals surface area (Å²) in [4.78, 5) is 12.4. The molecule has 120 valence electrons. The van der Waals surface area contributed by atoms with Crippen molar-refractivity contribution in [3.63, 3.8) is 0 Å². The highest BCUT2D eigenvalue weighted by Gasteiger charge is 2.46. The highest BCUT2D eigenvalue weighted by Crippen LogP contribution is 2.53. The number of phenolic OH excluding ortho intramolecular Hbond substituents is 1. The van der Waals surface area contributed by atoms with Crippen molar-refractivity contribution < 1.29 is 14.6 Å². The van der Waals surface area contributed by atoms with Crippen LogP contribution in [0.1, 0.15) is 57.4 Å². The Labute approximate surface area is 136 Å². The van der Waals surface area contributed by atoms with E-state index >= 15 is 0 Å². The van der Waals surface area contributed by atoms with Gasteiger partial charge in [-0.1, -0.05) is 17.2 Å². The molecule has 3 heteroatoms. The van der Waals surface area contributed by atoms with Crippen LogP contribution in [-0.2, 0) is 4.79 Å². The summed E-state index contributed by atoms with van der Waals surface area (Å²) in [6.45, 7) is 4.31. The number of carbonyl (C=O) groups excluding carboxylic acids is 1. The van der Waals surface area contributed by atoms with Crippen LogP contribution in [0.4, 0.5) is 0 Å². The second kappa shape index (κ2) is 4.98. The Kier molecular flexibility index (Phi) is 3.15. The van der Waals surface area contributed by atoms with E-state index in [1.54, 1.807) is 12.1 Å². The third-order valence-electron chi connectivity index (χ3n) is 5.45. The molecule has 3 aliphatic rings. The highest BCUT2D eigenvalue weighted by molar-refractivity contribution is 5.85. The Bertz CT molecular complexity index is 756. The number of fused-ring (bicyclic) bond motifs is 2. The van der Waals surface area contributed by atoms with Crippen molar-refractivity contribution in [1.82, 2.24) is 0 Å². The molecule has 1 aromatic rings. The third kappa shape index (κ3) is 2.30. The first-order chi connectivity index (χ1) is 11.0. The van der Waals surface area contributed by atoms with Gasteiger partial charge in [-0.15, -0.1) is 0 Å². The van der Waals surface area contributed by atoms with Gasteiger partial charge in [0.2, 0.25) is 0 Å². The van der Waals surface area contributed by atoms with Crippen LogP contribution in [0, 0.1) is 0 Å². The van der Waals surface area contributed by atoms with E-state index in [4.69, 9.17) is 4.74 Å². The fourth-order valence-electron chi connectivity index (χ4n) is 4.53. The quantitative estimate of drug-likeness (QED) is 0.722. The number of phenols is 1. The fourth-order valence-corrected chi connectivity index (χ4v) is 4.53. The topological polar surface area (TPSA) is 46.5 Å². The lowest BCUT2D eigenvalue weighted by Gasteiger charge is -2.46. The minimum atomic E-state index is -0.345. The van der Waals surface area contributed by atoms with Crippen LogP contribution in [0.15, 0.2) is 41.0 Å². The van der Waals surface area contributed by atoms with Crippen molar-refractivity contribution in [3.05, 3.63) is 46.6 Å². The second-order valence-electron chi connectivity index (χ2n) is 7.31. The molecule has 0 bridgehead atoms. The van der Waals surface area contributed by atoms with E-state index < -0.39 is 0 Å². The van der Waals surface area contributed by atoms with Crippen molar-refractivity contribution in [2.75, 3.05) is 0 Å². The Balaban J connectivity index is 1.95. The molecule has 0 aromatic heterocycles. The maximum absolute atomic E-state index is 12.4. The minimum Gasteiger partial charge on any atom is -0.508 e. The third-order valence-corrected chi connectivity index (χ3v) is 5.45. The zero-order chi connectivity index (χ0) is 16.2. The van der Waals surface area contributed by atoms with Gasteiger partial charge in [0.05, 0.1) is 0 Å². The summed E-state index contributed by atoms with van der Waals surface area (Å²) in [5.41, 5.74) is 4.48. The molecule has 23 heavy (non-hydrogen) atoms. The SMILES string of the molecule is C/C1=C/CC[C@]2(C)Oc3ccc(O)cc3C3CC(=O)CC(=C32)C1. The Morgan fingerprint density at radius 3 is 2.96 bits per heavy atom. The van der Waals surface area contributed by atoms with Crippen molar-refractivity contribution in [3.8, 4) is 11.5 Å². The monoisotopic (exact) mass is 310 g/mol. The van der Waals surface area contributed by atoms with Gasteiger partial charge in [0.1, 0.15) is 22.9 Å². The zero-order valence-electron chi connectivity index (χ0n) is 13.7.